The van der Waals surface area contributed by atoms with E-state index in [0.717, 1.165) is 26.1 Å². The zero-order chi connectivity index (χ0) is 11.4. The lowest BCUT2D eigenvalue weighted by Gasteiger charge is -2.30. The zero-order valence-corrected chi connectivity index (χ0v) is 10.8. The average Bonchev–Trinajstić information content (AvgIpc) is 2.80. The van der Waals surface area contributed by atoms with Crippen LogP contribution in [-0.4, -0.2) is 44.8 Å². The first kappa shape index (κ1) is 12.0. The fraction of sp³-hybridized carbons (Fsp3) is 0.667. The van der Waals surface area contributed by atoms with Crippen LogP contribution in [0.1, 0.15) is 17.3 Å². The van der Waals surface area contributed by atoms with E-state index in [1.807, 2.05) is 11.3 Å². The van der Waals surface area contributed by atoms with Crippen LogP contribution < -0.4 is 5.32 Å². The summed E-state index contributed by atoms with van der Waals surface area (Å²) < 4.78 is 5.77. The summed E-state index contributed by atoms with van der Waals surface area (Å²) in [6, 6.07) is 4.81. The van der Waals surface area contributed by atoms with Gasteiger partial charge in [-0.05, 0) is 32.0 Å². The molecule has 1 aromatic heterocycles. The minimum absolute atomic E-state index is 0.350. The van der Waals surface area contributed by atoms with Crippen LogP contribution in [0.25, 0.3) is 0 Å². The highest BCUT2D eigenvalue weighted by Crippen LogP contribution is 2.28. The highest BCUT2D eigenvalue weighted by Gasteiger charge is 2.22. The number of nitrogens with one attached hydrogen (secondary N) is 1. The predicted molar refractivity (Wildman–Crippen MR) is 68.0 cm³/mol. The van der Waals surface area contributed by atoms with Crippen LogP contribution in [0.3, 0.4) is 0 Å². The summed E-state index contributed by atoms with van der Waals surface area (Å²) in [5.41, 5.74) is 0. The van der Waals surface area contributed by atoms with E-state index in [-0.39, 0.29) is 0 Å². The normalized spacial score (nSPS) is 23.6. The van der Waals surface area contributed by atoms with Gasteiger partial charge in [0.1, 0.15) is 0 Å². The van der Waals surface area contributed by atoms with Crippen molar-refractivity contribution in [1.29, 1.82) is 0 Å². The number of morpholine rings is 1. The summed E-state index contributed by atoms with van der Waals surface area (Å²) >= 11 is 1.83. The van der Waals surface area contributed by atoms with E-state index in [0.29, 0.717) is 12.1 Å². The van der Waals surface area contributed by atoms with Gasteiger partial charge >= 0.3 is 0 Å². The molecule has 1 aliphatic rings. The summed E-state index contributed by atoms with van der Waals surface area (Å²) in [4.78, 5) is 3.71. The van der Waals surface area contributed by atoms with Gasteiger partial charge in [0.15, 0.2) is 0 Å². The van der Waals surface area contributed by atoms with E-state index in [1.54, 1.807) is 0 Å². The molecule has 1 aromatic rings. The Morgan fingerprint density at radius 3 is 3.06 bits per heavy atom. The zero-order valence-electron chi connectivity index (χ0n) is 9.98. The maximum absolute atomic E-state index is 5.77. The van der Waals surface area contributed by atoms with Gasteiger partial charge in [-0.15, -0.1) is 11.3 Å². The van der Waals surface area contributed by atoms with Crippen LogP contribution in [0, 0.1) is 0 Å². The van der Waals surface area contributed by atoms with Crippen molar-refractivity contribution in [3.05, 3.63) is 22.4 Å². The van der Waals surface area contributed by atoms with E-state index < -0.39 is 0 Å². The van der Waals surface area contributed by atoms with Crippen molar-refractivity contribution in [2.24, 2.45) is 0 Å². The second-order valence-corrected chi connectivity index (χ2v) is 5.41. The third-order valence-corrected chi connectivity index (χ3v) is 3.96. The molecule has 2 unspecified atom stereocenters. The third kappa shape index (κ3) is 3.04. The van der Waals surface area contributed by atoms with Gasteiger partial charge in [-0.3, -0.25) is 0 Å². The Morgan fingerprint density at radius 1 is 1.62 bits per heavy atom. The van der Waals surface area contributed by atoms with Gasteiger partial charge < -0.3 is 15.0 Å². The lowest BCUT2D eigenvalue weighted by atomic mass is 10.1. The molecule has 1 N–H and O–H groups in total. The standard InChI is InChI=1S/C12H20N2OS/c1-14(2)11(12-4-3-7-16-12)8-10-9-13-5-6-15-10/h3-4,7,10-11,13H,5-6,8-9H2,1-2H3. The molecule has 0 aromatic carbocycles. The van der Waals surface area contributed by atoms with Crippen LogP contribution >= 0.6 is 11.3 Å². The van der Waals surface area contributed by atoms with Crippen molar-refractivity contribution in [1.82, 2.24) is 10.2 Å². The van der Waals surface area contributed by atoms with Crippen molar-refractivity contribution in [3.63, 3.8) is 0 Å². The Morgan fingerprint density at radius 2 is 2.50 bits per heavy atom. The van der Waals surface area contributed by atoms with Gasteiger partial charge in [-0.25, -0.2) is 0 Å². The number of thiophene rings is 1. The van der Waals surface area contributed by atoms with Crippen molar-refractivity contribution in [3.8, 4) is 0 Å². The van der Waals surface area contributed by atoms with E-state index in [2.05, 4.69) is 41.8 Å². The molecule has 16 heavy (non-hydrogen) atoms. The topological polar surface area (TPSA) is 24.5 Å². The molecular weight excluding hydrogens is 220 g/mol. The molecule has 2 atom stereocenters. The predicted octanol–water partition coefficient (Wildman–Crippen LogP) is 1.73. The molecule has 0 bridgehead atoms. The molecule has 90 valence electrons. The highest BCUT2D eigenvalue weighted by molar-refractivity contribution is 7.10. The number of hydrogen-bond acceptors (Lipinski definition) is 4. The Hall–Kier alpha value is -0.420. The SMILES string of the molecule is CN(C)C(CC1CNCCO1)c1cccs1. The first-order chi connectivity index (χ1) is 7.77. The number of ether oxygens (including phenoxy) is 1. The average molecular weight is 240 g/mol. The summed E-state index contributed by atoms with van der Waals surface area (Å²) in [5.74, 6) is 0. The molecule has 0 aliphatic carbocycles. The summed E-state index contributed by atoms with van der Waals surface area (Å²) in [5, 5.41) is 5.53. The molecule has 0 amide bonds. The van der Waals surface area contributed by atoms with Gasteiger partial charge in [0.05, 0.1) is 12.7 Å². The maximum atomic E-state index is 5.77. The van der Waals surface area contributed by atoms with E-state index in [4.69, 9.17) is 4.74 Å². The van der Waals surface area contributed by atoms with E-state index >= 15 is 0 Å². The molecule has 2 heterocycles. The molecule has 1 saturated heterocycles. The molecule has 3 nitrogen and oxygen atoms in total. The second-order valence-electron chi connectivity index (χ2n) is 4.43. The molecule has 2 rings (SSSR count). The monoisotopic (exact) mass is 240 g/mol. The summed E-state index contributed by atoms with van der Waals surface area (Å²) in [6.07, 6.45) is 1.42. The minimum Gasteiger partial charge on any atom is -0.376 e. The van der Waals surface area contributed by atoms with E-state index in [9.17, 15) is 0 Å². The molecule has 0 radical (unpaired) electrons. The number of nitrogens with zero attached hydrogens (tertiary/aromatic N) is 1. The van der Waals surface area contributed by atoms with Gasteiger partial charge in [0.25, 0.3) is 0 Å². The lowest BCUT2D eigenvalue weighted by molar-refractivity contribution is 0.00932. The number of hydrogen-bond donors (Lipinski definition) is 1. The first-order valence-electron chi connectivity index (χ1n) is 5.79. The highest BCUT2D eigenvalue weighted by atomic mass is 32.1. The van der Waals surface area contributed by atoms with Crippen LogP contribution in [0.4, 0.5) is 0 Å². The number of rotatable bonds is 4. The smallest absolute Gasteiger partial charge is 0.0718 e. The van der Waals surface area contributed by atoms with Crippen LogP contribution in [-0.2, 0) is 4.74 Å². The van der Waals surface area contributed by atoms with Crippen LogP contribution in [0.5, 0.6) is 0 Å². The minimum atomic E-state index is 0.350. The molecular formula is C12H20N2OS. The van der Waals surface area contributed by atoms with Gasteiger partial charge in [0.2, 0.25) is 0 Å². The molecule has 1 fully saturated rings. The molecule has 0 saturated carbocycles. The fourth-order valence-corrected chi connectivity index (χ4v) is 3.02. The maximum Gasteiger partial charge on any atom is 0.0718 e. The molecule has 0 spiro atoms. The Bertz CT molecular complexity index is 294. The molecule has 4 heteroatoms. The van der Waals surface area contributed by atoms with Gasteiger partial charge in [-0.2, -0.15) is 0 Å². The third-order valence-electron chi connectivity index (χ3n) is 2.99. The summed E-state index contributed by atoms with van der Waals surface area (Å²) in [7, 11) is 4.28. The van der Waals surface area contributed by atoms with Crippen LogP contribution in [0.15, 0.2) is 17.5 Å². The van der Waals surface area contributed by atoms with Crippen molar-refractivity contribution in [2.75, 3.05) is 33.8 Å². The Labute approximate surface area is 101 Å². The van der Waals surface area contributed by atoms with Gasteiger partial charge in [-0.1, -0.05) is 6.07 Å². The van der Waals surface area contributed by atoms with Gasteiger partial charge in [0, 0.05) is 24.0 Å². The van der Waals surface area contributed by atoms with Crippen LogP contribution in [0.2, 0.25) is 0 Å². The largest absolute Gasteiger partial charge is 0.376 e. The second kappa shape index (κ2) is 5.77. The lowest BCUT2D eigenvalue weighted by Crippen LogP contribution is -2.40. The summed E-state index contributed by atoms with van der Waals surface area (Å²) in [6.45, 7) is 2.81. The van der Waals surface area contributed by atoms with Crippen molar-refractivity contribution >= 4 is 11.3 Å². The van der Waals surface area contributed by atoms with Crippen molar-refractivity contribution < 1.29 is 4.74 Å². The van der Waals surface area contributed by atoms with Crippen molar-refractivity contribution in [2.45, 2.75) is 18.6 Å². The quantitative estimate of drug-likeness (QED) is 0.867. The first-order valence-corrected chi connectivity index (χ1v) is 6.67. The fourth-order valence-electron chi connectivity index (χ4n) is 2.08. The Kier molecular flexibility index (Phi) is 4.35. The molecule has 1 aliphatic heterocycles. The Balaban J connectivity index is 1.97. The van der Waals surface area contributed by atoms with E-state index in [1.165, 1.54) is 4.88 Å².